The van der Waals surface area contributed by atoms with Crippen LogP contribution in [0.25, 0.3) is 11.3 Å². The van der Waals surface area contributed by atoms with E-state index in [-0.39, 0.29) is 11.6 Å². The van der Waals surface area contributed by atoms with Crippen LogP contribution in [0, 0.1) is 0 Å². The first-order chi connectivity index (χ1) is 16.6. The Hall–Kier alpha value is -4.29. The monoisotopic (exact) mass is 491 g/mol. The van der Waals surface area contributed by atoms with Crippen LogP contribution in [-0.2, 0) is 24.2 Å². The van der Waals surface area contributed by atoms with Crippen LogP contribution in [0.3, 0.4) is 0 Å². The lowest BCUT2D eigenvalue weighted by atomic mass is 9.90. The fourth-order valence-electron chi connectivity index (χ4n) is 3.51. The van der Waals surface area contributed by atoms with Crippen molar-refractivity contribution in [1.82, 2.24) is 25.1 Å². The number of aromatic nitrogens is 4. The van der Waals surface area contributed by atoms with Crippen molar-refractivity contribution in [1.29, 1.82) is 0 Å². The number of aryl methyl sites for hydroxylation is 2. The number of carboxylic acid groups (broad SMARTS) is 2. The van der Waals surface area contributed by atoms with Gasteiger partial charge in [-0.25, -0.2) is 9.59 Å². The molecule has 0 atom stereocenters. The molecule has 10 nitrogen and oxygen atoms in total. The van der Waals surface area contributed by atoms with E-state index in [0.717, 1.165) is 28.8 Å². The first kappa shape index (κ1) is 25.3. The molecule has 1 aliphatic rings. The lowest BCUT2D eigenvalue weighted by Crippen LogP contribution is -2.25. The van der Waals surface area contributed by atoms with E-state index in [9.17, 15) is 27.9 Å². The Kier molecular flexibility index (Phi) is 7.79. The van der Waals surface area contributed by atoms with Gasteiger partial charge in [0.25, 0.3) is 5.91 Å². The smallest absolute Gasteiger partial charge is 0.477 e. The van der Waals surface area contributed by atoms with E-state index in [1.165, 1.54) is 0 Å². The minimum atomic E-state index is -5.08. The van der Waals surface area contributed by atoms with E-state index in [2.05, 4.69) is 20.4 Å². The maximum Gasteiger partial charge on any atom is 0.490 e. The highest BCUT2D eigenvalue weighted by Gasteiger charge is 2.38. The summed E-state index contributed by atoms with van der Waals surface area (Å²) in [5, 5.41) is 24.2. The van der Waals surface area contributed by atoms with Crippen molar-refractivity contribution in [3.8, 4) is 11.3 Å². The van der Waals surface area contributed by atoms with Gasteiger partial charge in [0.15, 0.2) is 0 Å². The summed E-state index contributed by atoms with van der Waals surface area (Å²) in [6.45, 7) is 0.830. The van der Waals surface area contributed by atoms with Crippen molar-refractivity contribution in [2.24, 2.45) is 0 Å². The highest BCUT2D eigenvalue weighted by atomic mass is 19.4. The molecule has 3 N–H and O–H groups in total. The number of hydrogen-bond donors (Lipinski definition) is 3. The number of hydrogen-bond acceptors (Lipinski definition) is 6. The number of rotatable bonds is 6. The van der Waals surface area contributed by atoms with Crippen LogP contribution in [-0.4, -0.2) is 60.5 Å². The van der Waals surface area contributed by atoms with Crippen LogP contribution >= 0.6 is 0 Å². The fourth-order valence-corrected chi connectivity index (χ4v) is 3.51. The van der Waals surface area contributed by atoms with Gasteiger partial charge in [0.2, 0.25) is 0 Å². The number of alkyl halides is 3. The number of halogens is 3. The van der Waals surface area contributed by atoms with Crippen LogP contribution in [0.15, 0.2) is 43.0 Å². The summed E-state index contributed by atoms with van der Waals surface area (Å²) in [5.74, 6) is -3.92. The zero-order valence-electron chi connectivity index (χ0n) is 18.1. The van der Waals surface area contributed by atoms with Crippen LogP contribution in [0.5, 0.6) is 0 Å². The van der Waals surface area contributed by atoms with Gasteiger partial charge in [0, 0.05) is 54.6 Å². The molecule has 3 heterocycles. The quantitative estimate of drug-likeness (QED) is 0.446. The number of carbonyl (C=O) groups excluding carboxylic acids is 1. The molecule has 0 spiro atoms. The van der Waals surface area contributed by atoms with Gasteiger partial charge in [-0.3, -0.25) is 19.4 Å². The molecule has 0 fully saturated rings. The molecule has 0 saturated carbocycles. The van der Waals surface area contributed by atoms with Crippen molar-refractivity contribution in [2.75, 3.05) is 6.54 Å². The molecule has 0 saturated heterocycles. The number of carbonyl (C=O) groups is 3. The Labute approximate surface area is 196 Å². The van der Waals surface area contributed by atoms with Gasteiger partial charge in [-0.05, 0) is 43.0 Å². The number of amides is 1. The lowest BCUT2D eigenvalue weighted by Gasteiger charge is -2.14. The van der Waals surface area contributed by atoms with E-state index in [1.54, 1.807) is 35.4 Å². The second-order valence-electron chi connectivity index (χ2n) is 7.39. The highest BCUT2D eigenvalue weighted by molar-refractivity contribution is 5.94. The molecule has 184 valence electrons. The van der Waals surface area contributed by atoms with Crippen molar-refractivity contribution >= 4 is 17.8 Å². The largest absolute Gasteiger partial charge is 0.490 e. The molecule has 0 aromatic carbocycles. The van der Waals surface area contributed by atoms with Crippen LogP contribution in [0.4, 0.5) is 13.2 Å². The molecule has 0 unspecified atom stereocenters. The Morgan fingerprint density at radius 1 is 1.03 bits per heavy atom. The van der Waals surface area contributed by atoms with E-state index in [0.29, 0.717) is 31.5 Å². The molecular weight excluding hydrogens is 471 g/mol. The van der Waals surface area contributed by atoms with Gasteiger partial charge >= 0.3 is 18.1 Å². The molecule has 13 heteroatoms. The summed E-state index contributed by atoms with van der Waals surface area (Å²) in [7, 11) is 0. The highest BCUT2D eigenvalue weighted by Crippen LogP contribution is 2.34. The van der Waals surface area contributed by atoms with Gasteiger partial charge in [-0.1, -0.05) is 0 Å². The van der Waals surface area contributed by atoms with Crippen molar-refractivity contribution in [3.05, 3.63) is 65.4 Å². The summed E-state index contributed by atoms with van der Waals surface area (Å²) >= 11 is 0. The van der Waals surface area contributed by atoms with Crippen molar-refractivity contribution < 1.29 is 37.8 Å². The summed E-state index contributed by atoms with van der Waals surface area (Å²) < 4.78 is 33.3. The number of aliphatic carboxylic acids is 1. The maximum absolute atomic E-state index is 12.1. The molecular formula is C22H20F3N5O5. The number of pyridine rings is 2. The van der Waals surface area contributed by atoms with E-state index in [1.807, 2.05) is 12.3 Å². The van der Waals surface area contributed by atoms with Gasteiger partial charge < -0.3 is 15.5 Å². The number of nitrogens with zero attached hydrogens (tertiary/aromatic N) is 4. The predicted molar refractivity (Wildman–Crippen MR) is 115 cm³/mol. The number of carboxylic acids is 2. The topological polar surface area (TPSA) is 147 Å². The minimum Gasteiger partial charge on any atom is -0.477 e. The molecule has 0 aliphatic heterocycles. The molecule has 1 aliphatic carbocycles. The number of aromatic carboxylic acids is 1. The third kappa shape index (κ3) is 6.19. The van der Waals surface area contributed by atoms with E-state index < -0.39 is 18.1 Å². The number of fused-ring (bicyclic) bond motifs is 3. The van der Waals surface area contributed by atoms with Crippen LogP contribution < -0.4 is 5.32 Å². The average Bonchev–Trinajstić information content (AvgIpc) is 3.21. The summed E-state index contributed by atoms with van der Waals surface area (Å²) in [5.41, 5.74) is 4.30. The molecule has 3 aromatic rings. The maximum atomic E-state index is 12.1. The second-order valence-corrected chi connectivity index (χ2v) is 7.39. The zero-order chi connectivity index (χ0) is 25.6. The van der Waals surface area contributed by atoms with Gasteiger partial charge in [-0.15, -0.1) is 0 Å². The Morgan fingerprint density at radius 3 is 2.31 bits per heavy atom. The lowest BCUT2D eigenvalue weighted by molar-refractivity contribution is -0.192. The van der Waals surface area contributed by atoms with Crippen molar-refractivity contribution in [3.63, 3.8) is 0 Å². The van der Waals surface area contributed by atoms with Crippen LogP contribution in [0.2, 0.25) is 0 Å². The first-order valence-corrected chi connectivity index (χ1v) is 10.3. The SMILES string of the molecule is O=C(NCCCn1nc2c(c1C(=O)O)CCc1cnccc1-2)c1ccncc1.O=C(O)C(F)(F)F. The second kappa shape index (κ2) is 10.8. The Balaban J connectivity index is 0.000000429. The molecule has 0 radical (unpaired) electrons. The zero-order valence-corrected chi connectivity index (χ0v) is 18.1. The summed E-state index contributed by atoms with van der Waals surface area (Å²) in [6, 6.07) is 5.17. The fraction of sp³-hybridized carbons (Fsp3) is 0.273. The van der Waals surface area contributed by atoms with Crippen molar-refractivity contribution in [2.45, 2.75) is 32.0 Å². The minimum absolute atomic E-state index is 0.179. The summed E-state index contributed by atoms with van der Waals surface area (Å²) in [4.78, 5) is 40.8. The third-order valence-electron chi connectivity index (χ3n) is 5.07. The van der Waals surface area contributed by atoms with E-state index in [4.69, 9.17) is 9.90 Å². The molecule has 35 heavy (non-hydrogen) atoms. The van der Waals surface area contributed by atoms with Crippen LogP contribution in [0.1, 0.15) is 38.4 Å². The Bertz CT molecular complexity index is 1230. The predicted octanol–water partition coefficient (Wildman–Crippen LogP) is 2.59. The summed E-state index contributed by atoms with van der Waals surface area (Å²) in [6.07, 6.45) is 3.51. The molecule has 4 rings (SSSR count). The third-order valence-corrected chi connectivity index (χ3v) is 5.07. The van der Waals surface area contributed by atoms with Gasteiger partial charge in [0.1, 0.15) is 5.69 Å². The average molecular weight is 491 g/mol. The van der Waals surface area contributed by atoms with Gasteiger partial charge in [0.05, 0.1) is 5.69 Å². The van der Waals surface area contributed by atoms with Gasteiger partial charge in [-0.2, -0.15) is 18.3 Å². The number of nitrogens with one attached hydrogen (secondary N) is 1. The Morgan fingerprint density at radius 2 is 1.69 bits per heavy atom. The standard InChI is InChI=1S/C20H19N5O3.C2HF3O2/c26-19(13-4-8-21-9-5-13)23-7-1-11-25-18(20(27)28)16-3-2-14-12-22-10-6-15(14)17(16)24-25;3-2(4,5)1(6)7/h4-6,8-10,12H,1-3,7,11H2,(H,23,26)(H,27,28);(H,6,7). The molecule has 3 aromatic heterocycles. The molecule has 0 bridgehead atoms. The normalized spacial score (nSPS) is 12.0. The first-order valence-electron chi connectivity index (χ1n) is 10.3. The molecule has 1 amide bonds. The van der Waals surface area contributed by atoms with E-state index >= 15 is 0 Å².